The van der Waals surface area contributed by atoms with Crippen LogP contribution in [0, 0.1) is 0 Å². The first-order valence-electron chi connectivity index (χ1n) is 12.8. The number of rotatable bonds is 10. The number of hydrogen-bond donors (Lipinski definition) is 2. The minimum absolute atomic E-state index is 0.298. The molecule has 0 radical (unpaired) electrons. The molecule has 0 atom stereocenters. The van der Waals surface area contributed by atoms with Crippen LogP contribution < -0.4 is 30.0 Å². The topological polar surface area (TPSA) is 105 Å². The van der Waals surface area contributed by atoms with Crippen LogP contribution in [0.2, 0.25) is 0 Å². The van der Waals surface area contributed by atoms with Crippen LogP contribution in [0.15, 0.2) is 29.1 Å². The van der Waals surface area contributed by atoms with E-state index in [1.54, 1.807) is 19.2 Å². The van der Waals surface area contributed by atoms with Gasteiger partial charge in [-0.3, -0.25) is 9.69 Å². The maximum atomic E-state index is 13.0. The van der Waals surface area contributed by atoms with Crippen molar-refractivity contribution in [3.05, 3.63) is 34.6 Å². The molecule has 1 fully saturated rings. The van der Waals surface area contributed by atoms with Gasteiger partial charge >= 0.3 is 0 Å². The lowest BCUT2D eigenvalue weighted by molar-refractivity contribution is 0.208. The van der Waals surface area contributed by atoms with Crippen molar-refractivity contribution in [3.8, 4) is 28.8 Å². The molecule has 200 valence electrons. The summed E-state index contributed by atoms with van der Waals surface area (Å²) in [5, 5.41) is 3.75. The standard InChI is InChI=1S/C27H38N6O4/c1-17(2)28-9-14-37-22-8-7-20(30-26(22)33-12-10-32(11-13-33)18(3)4)25-29-21-15-19(35-5)16-23(36-6)24(21)27(34)31-25/h7-8,15-18,28H,9-14H2,1-6H3,(H,29,31,34). The molecule has 3 heterocycles. The van der Waals surface area contributed by atoms with Gasteiger partial charge in [0.2, 0.25) is 0 Å². The zero-order valence-corrected chi connectivity index (χ0v) is 22.6. The highest BCUT2D eigenvalue weighted by Gasteiger charge is 2.24. The number of fused-ring (bicyclic) bond motifs is 1. The molecule has 1 saturated heterocycles. The fourth-order valence-corrected chi connectivity index (χ4v) is 4.48. The fraction of sp³-hybridized carbons (Fsp3) is 0.519. The second-order valence-corrected chi connectivity index (χ2v) is 9.73. The summed E-state index contributed by atoms with van der Waals surface area (Å²) in [5.74, 6) is 2.83. The second kappa shape index (κ2) is 11.8. The van der Waals surface area contributed by atoms with E-state index in [9.17, 15) is 4.79 Å². The van der Waals surface area contributed by atoms with Crippen molar-refractivity contribution >= 4 is 16.7 Å². The van der Waals surface area contributed by atoms with Crippen molar-refractivity contribution < 1.29 is 14.2 Å². The molecule has 1 aliphatic rings. The van der Waals surface area contributed by atoms with Gasteiger partial charge in [-0.15, -0.1) is 0 Å². The molecular formula is C27H38N6O4. The van der Waals surface area contributed by atoms with Gasteiger partial charge in [0.15, 0.2) is 17.4 Å². The molecule has 3 aromatic rings. The molecular weight excluding hydrogens is 472 g/mol. The molecule has 10 heteroatoms. The van der Waals surface area contributed by atoms with Crippen molar-refractivity contribution in [2.24, 2.45) is 0 Å². The van der Waals surface area contributed by atoms with Gasteiger partial charge in [-0.25, -0.2) is 9.97 Å². The molecule has 2 N–H and O–H groups in total. The first kappa shape index (κ1) is 26.7. The molecule has 37 heavy (non-hydrogen) atoms. The number of ether oxygens (including phenoxy) is 3. The van der Waals surface area contributed by atoms with Gasteiger partial charge < -0.3 is 29.4 Å². The van der Waals surface area contributed by atoms with Crippen molar-refractivity contribution in [1.82, 2.24) is 25.2 Å². The van der Waals surface area contributed by atoms with Gasteiger partial charge in [0, 0.05) is 56.9 Å². The number of aromatic amines is 1. The lowest BCUT2D eigenvalue weighted by Crippen LogP contribution is -2.49. The lowest BCUT2D eigenvalue weighted by atomic mass is 10.2. The van der Waals surface area contributed by atoms with Crippen molar-refractivity contribution in [1.29, 1.82) is 0 Å². The van der Waals surface area contributed by atoms with Crippen LogP contribution in [-0.4, -0.2) is 85.5 Å². The molecule has 0 spiro atoms. The molecule has 0 amide bonds. The molecule has 0 saturated carbocycles. The van der Waals surface area contributed by atoms with E-state index in [1.807, 2.05) is 12.1 Å². The highest BCUT2D eigenvalue weighted by atomic mass is 16.5. The third kappa shape index (κ3) is 6.14. The van der Waals surface area contributed by atoms with Crippen LogP contribution in [0.25, 0.3) is 22.4 Å². The summed E-state index contributed by atoms with van der Waals surface area (Å²) in [4.78, 5) is 30.3. The number of methoxy groups -OCH3 is 2. The molecule has 0 bridgehead atoms. The number of pyridine rings is 1. The first-order valence-corrected chi connectivity index (χ1v) is 12.8. The Morgan fingerprint density at radius 3 is 2.41 bits per heavy atom. The Kier molecular flexibility index (Phi) is 8.50. The number of nitrogens with one attached hydrogen (secondary N) is 2. The predicted molar refractivity (Wildman–Crippen MR) is 146 cm³/mol. The first-order chi connectivity index (χ1) is 17.8. The molecule has 0 aliphatic carbocycles. The SMILES string of the molecule is COc1cc(OC)c2c(=O)[nH]c(-c3ccc(OCCNC(C)C)c(N4CCN(C(C)C)CC4)n3)nc2c1. The Morgan fingerprint density at radius 2 is 1.76 bits per heavy atom. The Hall–Kier alpha value is -3.37. The Balaban J connectivity index is 1.70. The average molecular weight is 511 g/mol. The third-order valence-electron chi connectivity index (χ3n) is 6.54. The highest BCUT2D eigenvalue weighted by molar-refractivity contribution is 5.87. The molecule has 1 aliphatic heterocycles. The molecule has 1 aromatic carbocycles. The van der Waals surface area contributed by atoms with Crippen LogP contribution in [0.3, 0.4) is 0 Å². The van der Waals surface area contributed by atoms with E-state index in [-0.39, 0.29) is 5.56 Å². The van der Waals surface area contributed by atoms with Gasteiger partial charge in [-0.05, 0) is 26.0 Å². The maximum Gasteiger partial charge on any atom is 0.262 e. The number of aromatic nitrogens is 3. The predicted octanol–water partition coefficient (Wildman–Crippen LogP) is 2.91. The zero-order valence-electron chi connectivity index (χ0n) is 22.6. The Bertz CT molecular complexity index is 1270. The monoisotopic (exact) mass is 510 g/mol. The Morgan fingerprint density at radius 1 is 1.00 bits per heavy atom. The van der Waals surface area contributed by atoms with E-state index in [0.29, 0.717) is 52.6 Å². The number of hydrogen-bond acceptors (Lipinski definition) is 9. The summed E-state index contributed by atoms with van der Waals surface area (Å²) in [7, 11) is 3.08. The zero-order chi connectivity index (χ0) is 26.5. The summed E-state index contributed by atoms with van der Waals surface area (Å²) in [6.45, 7) is 13.5. The number of H-pyrrole nitrogens is 1. The van der Waals surface area contributed by atoms with E-state index in [0.717, 1.165) is 44.3 Å². The van der Waals surface area contributed by atoms with E-state index < -0.39 is 0 Å². The van der Waals surface area contributed by atoms with Crippen LogP contribution >= 0.6 is 0 Å². The van der Waals surface area contributed by atoms with Crippen LogP contribution in [0.5, 0.6) is 17.2 Å². The van der Waals surface area contributed by atoms with E-state index >= 15 is 0 Å². The summed E-state index contributed by atoms with van der Waals surface area (Å²) in [6.07, 6.45) is 0. The van der Waals surface area contributed by atoms with E-state index in [1.165, 1.54) is 7.11 Å². The summed E-state index contributed by atoms with van der Waals surface area (Å²) in [5.41, 5.74) is 0.743. The van der Waals surface area contributed by atoms with Crippen LogP contribution in [-0.2, 0) is 0 Å². The van der Waals surface area contributed by atoms with Gasteiger partial charge in [0.1, 0.15) is 29.2 Å². The van der Waals surface area contributed by atoms with Gasteiger partial charge in [0.05, 0.1) is 19.7 Å². The number of benzene rings is 1. The fourth-order valence-electron chi connectivity index (χ4n) is 4.48. The lowest BCUT2D eigenvalue weighted by Gasteiger charge is -2.38. The van der Waals surface area contributed by atoms with Crippen molar-refractivity contribution in [2.45, 2.75) is 39.8 Å². The molecule has 0 unspecified atom stereocenters. The van der Waals surface area contributed by atoms with Gasteiger partial charge in [-0.2, -0.15) is 0 Å². The summed E-state index contributed by atoms with van der Waals surface area (Å²) >= 11 is 0. The van der Waals surface area contributed by atoms with Crippen LogP contribution in [0.1, 0.15) is 27.7 Å². The smallest absolute Gasteiger partial charge is 0.262 e. The second-order valence-electron chi connectivity index (χ2n) is 9.73. The molecule has 2 aromatic heterocycles. The number of piperazine rings is 1. The maximum absolute atomic E-state index is 13.0. The van der Waals surface area contributed by atoms with Crippen molar-refractivity contribution in [3.63, 3.8) is 0 Å². The highest BCUT2D eigenvalue weighted by Crippen LogP contribution is 2.32. The van der Waals surface area contributed by atoms with E-state index in [2.05, 4.69) is 47.8 Å². The average Bonchev–Trinajstić information content (AvgIpc) is 2.90. The number of anilines is 1. The minimum Gasteiger partial charge on any atom is -0.497 e. The van der Waals surface area contributed by atoms with Gasteiger partial charge in [-0.1, -0.05) is 13.8 Å². The van der Waals surface area contributed by atoms with Crippen LogP contribution in [0.4, 0.5) is 5.82 Å². The third-order valence-corrected chi connectivity index (χ3v) is 6.54. The molecule has 10 nitrogen and oxygen atoms in total. The quantitative estimate of drug-likeness (QED) is 0.398. The Labute approximate surface area is 218 Å². The molecule has 4 rings (SSSR count). The summed E-state index contributed by atoms with van der Waals surface area (Å²) < 4.78 is 16.9. The largest absolute Gasteiger partial charge is 0.497 e. The van der Waals surface area contributed by atoms with E-state index in [4.69, 9.17) is 24.2 Å². The van der Waals surface area contributed by atoms with Crippen molar-refractivity contribution in [2.75, 3.05) is 58.5 Å². The number of nitrogens with zero attached hydrogens (tertiary/aromatic N) is 4. The van der Waals surface area contributed by atoms with Gasteiger partial charge in [0.25, 0.3) is 5.56 Å². The normalized spacial score (nSPS) is 14.5. The minimum atomic E-state index is -0.298. The summed E-state index contributed by atoms with van der Waals surface area (Å²) in [6, 6.07) is 8.04.